The second-order valence-corrected chi connectivity index (χ2v) is 4.02. The Hall–Kier alpha value is -1.43. The van der Waals surface area contributed by atoms with Crippen LogP contribution in [0.1, 0.15) is 17.3 Å². The number of carboxylic acids is 1. The van der Waals surface area contributed by atoms with E-state index in [-0.39, 0.29) is 12.3 Å². The first kappa shape index (κ1) is 9.14. The highest BCUT2D eigenvalue weighted by Crippen LogP contribution is 2.32. The van der Waals surface area contributed by atoms with E-state index >= 15 is 0 Å². The SMILES string of the molecule is O=C1C[C@@H](C(=O)O)[C@H](c2cncs2)N1. The Morgan fingerprint density at radius 1 is 1.71 bits per heavy atom. The molecule has 0 aliphatic carbocycles. The Labute approximate surface area is 83.8 Å². The number of aromatic nitrogens is 1. The number of nitrogens with zero attached hydrogens (tertiary/aromatic N) is 1. The minimum Gasteiger partial charge on any atom is -0.481 e. The van der Waals surface area contributed by atoms with Crippen molar-refractivity contribution in [2.75, 3.05) is 0 Å². The van der Waals surface area contributed by atoms with Crippen molar-refractivity contribution in [3.63, 3.8) is 0 Å². The third-order valence-electron chi connectivity index (χ3n) is 2.20. The lowest BCUT2D eigenvalue weighted by molar-refractivity contribution is -0.142. The van der Waals surface area contributed by atoms with Crippen LogP contribution >= 0.6 is 11.3 Å². The number of aliphatic carboxylic acids is 1. The minimum atomic E-state index is -0.943. The summed E-state index contributed by atoms with van der Waals surface area (Å²) < 4.78 is 0. The predicted octanol–water partition coefficient (Wildman–Crippen LogP) is 0.405. The van der Waals surface area contributed by atoms with Crippen molar-refractivity contribution in [2.45, 2.75) is 12.5 Å². The topological polar surface area (TPSA) is 79.3 Å². The molecule has 1 aromatic rings. The molecule has 0 unspecified atom stereocenters. The standard InChI is InChI=1S/C8H8N2O3S/c11-6-1-4(8(12)13)7(10-6)5-2-9-3-14-5/h2-4,7H,1H2,(H,10,11)(H,12,13)/t4-,7-/m1/s1. The maximum atomic E-state index is 11.1. The van der Waals surface area contributed by atoms with Crippen LogP contribution in [-0.4, -0.2) is 22.0 Å². The quantitative estimate of drug-likeness (QED) is 0.744. The van der Waals surface area contributed by atoms with Crippen molar-refractivity contribution in [2.24, 2.45) is 5.92 Å². The molecule has 1 aromatic heterocycles. The van der Waals surface area contributed by atoms with E-state index < -0.39 is 17.9 Å². The van der Waals surface area contributed by atoms with Gasteiger partial charge in [-0.25, -0.2) is 0 Å². The largest absolute Gasteiger partial charge is 0.481 e. The van der Waals surface area contributed by atoms with E-state index in [0.29, 0.717) is 0 Å². The Morgan fingerprint density at radius 2 is 2.50 bits per heavy atom. The molecule has 1 saturated heterocycles. The van der Waals surface area contributed by atoms with Crippen LogP contribution in [-0.2, 0) is 9.59 Å². The van der Waals surface area contributed by atoms with Crippen molar-refractivity contribution in [3.05, 3.63) is 16.6 Å². The molecule has 74 valence electrons. The van der Waals surface area contributed by atoms with Crippen molar-refractivity contribution in [3.8, 4) is 0 Å². The number of carbonyl (C=O) groups is 2. The zero-order chi connectivity index (χ0) is 10.1. The van der Waals surface area contributed by atoms with Crippen molar-refractivity contribution >= 4 is 23.2 Å². The Balaban J connectivity index is 2.26. The smallest absolute Gasteiger partial charge is 0.309 e. The molecule has 5 nitrogen and oxygen atoms in total. The van der Waals surface area contributed by atoms with Gasteiger partial charge in [0.15, 0.2) is 0 Å². The first-order valence-corrected chi connectivity index (χ1v) is 4.97. The van der Waals surface area contributed by atoms with Crippen LogP contribution in [0, 0.1) is 5.92 Å². The van der Waals surface area contributed by atoms with E-state index in [0.717, 1.165) is 4.88 Å². The summed E-state index contributed by atoms with van der Waals surface area (Å²) in [6, 6.07) is -0.410. The first-order chi connectivity index (χ1) is 6.68. The number of carbonyl (C=O) groups excluding carboxylic acids is 1. The van der Waals surface area contributed by atoms with E-state index in [4.69, 9.17) is 5.11 Å². The van der Waals surface area contributed by atoms with Gasteiger partial charge in [-0.3, -0.25) is 14.6 Å². The van der Waals surface area contributed by atoms with Crippen LogP contribution in [0.4, 0.5) is 0 Å². The van der Waals surface area contributed by atoms with Gasteiger partial charge in [-0.05, 0) is 0 Å². The second kappa shape index (κ2) is 3.38. The van der Waals surface area contributed by atoms with Gasteiger partial charge in [-0.15, -0.1) is 11.3 Å². The summed E-state index contributed by atoms with van der Waals surface area (Å²) in [5, 5.41) is 11.5. The lowest BCUT2D eigenvalue weighted by Crippen LogP contribution is -2.23. The van der Waals surface area contributed by atoms with E-state index in [9.17, 15) is 9.59 Å². The number of amides is 1. The average Bonchev–Trinajstić information content (AvgIpc) is 2.70. The summed E-state index contributed by atoms with van der Waals surface area (Å²) in [6.07, 6.45) is 1.65. The highest BCUT2D eigenvalue weighted by molar-refractivity contribution is 7.09. The van der Waals surface area contributed by atoms with Gasteiger partial charge in [0.05, 0.1) is 17.5 Å². The molecule has 0 radical (unpaired) electrons. The van der Waals surface area contributed by atoms with Gasteiger partial charge >= 0.3 is 5.97 Å². The Morgan fingerprint density at radius 3 is 3.07 bits per heavy atom. The molecule has 0 aromatic carbocycles. The number of thiazole rings is 1. The van der Waals surface area contributed by atoms with E-state index in [1.165, 1.54) is 11.3 Å². The molecule has 0 spiro atoms. The highest BCUT2D eigenvalue weighted by atomic mass is 32.1. The molecule has 2 atom stereocenters. The molecule has 1 fully saturated rings. The molecule has 1 aliphatic heterocycles. The molecule has 1 aliphatic rings. The van der Waals surface area contributed by atoms with Gasteiger partial charge in [0, 0.05) is 17.5 Å². The van der Waals surface area contributed by atoms with Crippen LogP contribution in [0.2, 0.25) is 0 Å². The summed E-state index contributed by atoms with van der Waals surface area (Å²) in [5.41, 5.74) is 1.62. The molecule has 2 rings (SSSR count). The van der Waals surface area contributed by atoms with Gasteiger partial charge in [0.2, 0.25) is 5.91 Å². The summed E-state index contributed by atoms with van der Waals surface area (Å²) >= 11 is 1.35. The van der Waals surface area contributed by atoms with Crippen molar-refractivity contribution < 1.29 is 14.7 Å². The number of hydrogen-bond acceptors (Lipinski definition) is 4. The second-order valence-electron chi connectivity index (χ2n) is 3.10. The van der Waals surface area contributed by atoms with Crippen LogP contribution in [0.5, 0.6) is 0 Å². The van der Waals surface area contributed by atoms with E-state index in [2.05, 4.69) is 10.3 Å². The summed E-state index contributed by atoms with van der Waals surface area (Å²) in [7, 11) is 0. The number of hydrogen-bond donors (Lipinski definition) is 2. The number of carboxylic acid groups (broad SMARTS) is 1. The van der Waals surface area contributed by atoms with Crippen LogP contribution in [0.25, 0.3) is 0 Å². The first-order valence-electron chi connectivity index (χ1n) is 4.09. The van der Waals surface area contributed by atoms with Gasteiger partial charge in [0.1, 0.15) is 0 Å². The van der Waals surface area contributed by atoms with Crippen molar-refractivity contribution in [1.82, 2.24) is 10.3 Å². The molecule has 0 bridgehead atoms. The zero-order valence-corrected chi connectivity index (χ0v) is 7.95. The lowest BCUT2D eigenvalue weighted by atomic mass is 10.0. The van der Waals surface area contributed by atoms with Crippen LogP contribution < -0.4 is 5.32 Å². The third-order valence-corrected chi connectivity index (χ3v) is 3.06. The Bertz CT molecular complexity index is 363. The fraction of sp³-hybridized carbons (Fsp3) is 0.375. The molecule has 2 N–H and O–H groups in total. The van der Waals surface area contributed by atoms with Gasteiger partial charge in [0.25, 0.3) is 0 Å². The molecular formula is C8H8N2O3S. The molecule has 14 heavy (non-hydrogen) atoms. The van der Waals surface area contributed by atoms with Crippen LogP contribution in [0.15, 0.2) is 11.7 Å². The zero-order valence-electron chi connectivity index (χ0n) is 7.14. The maximum Gasteiger partial charge on any atom is 0.309 e. The normalized spacial score (nSPS) is 26.1. The number of rotatable bonds is 2. The highest BCUT2D eigenvalue weighted by Gasteiger charge is 2.39. The van der Waals surface area contributed by atoms with Gasteiger partial charge < -0.3 is 10.4 Å². The van der Waals surface area contributed by atoms with Gasteiger partial charge in [-0.2, -0.15) is 0 Å². The van der Waals surface area contributed by atoms with E-state index in [1.807, 2.05) is 0 Å². The number of nitrogens with one attached hydrogen (secondary N) is 1. The lowest BCUT2D eigenvalue weighted by Gasteiger charge is -2.12. The molecule has 0 saturated carbocycles. The molecule has 1 amide bonds. The molecule has 6 heteroatoms. The molecule has 2 heterocycles. The summed E-state index contributed by atoms with van der Waals surface area (Å²) in [5.74, 6) is -1.82. The summed E-state index contributed by atoms with van der Waals surface area (Å²) in [4.78, 5) is 26.6. The predicted molar refractivity (Wildman–Crippen MR) is 48.7 cm³/mol. The third kappa shape index (κ3) is 1.48. The monoisotopic (exact) mass is 212 g/mol. The average molecular weight is 212 g/mol. The van der Waals surface area contributed by atoms with Crippen LogP contribution in [0.3, 0.4) is 0 Å². The minimum absolute atomic E-state index is 0.0535. The van der Waals surface area contributed by atoms with E-state index in [1.54, 1.807) is 11.7 Å². The van der Waals surface area contributed by atoms with Crippen molar-refractivity contribution in [1.29, 1.82) is 0 Å². The Kier molecular flexibility index (Phi) is 2.20. The fourth-order valence-corrected chi connectivity index (χ4v) is 2.26. The summed E-state index contributed by atoms with van der Waals surface area (Å²) in [6.45, 7) is 0. The van der Waals surface area contributed by atoms with Gasteiger partial charge in [-0.1, -0.05) is 0 Å². The fourth-order valence-electron chi connectivity index (χ4n) is 1.53. The molecular weight excluding hydrogens is 204 g/mol. The maximum absolute atomic E-state index is 11.1.